The largest absolute Gasteiger partial charge is 0.290 e. The topological polar surface area (TPSA) is 34.1 Å². The van der Waals surface area contributed by atoms with Gasteiger partial charge < -0.3 is 0 Å². The first-order valence-electron chi connectivity index (χ1n) is 5.55. The standard InChI is InChI=1S/C15H14O2/c1-9-6-10(2)11(3)13(7-9)14-8-12(16)4-5-15(14)17/h4-8H,1-3H3. The molecule has 0 atom stereocenters. The van der Waals surface area contributed by atoms with E-state index < -0.39 is 0 Å². The van der Waals surface area contributed by atoms with E-state index in [9.17, 15) is 9.59 Å². The molecule has 0 amide bonds. The second-order valence-corrected chi connectivity index (χ2v) is 4.41. The molecule has 0 aliphatic heterocycles. The van der Waals surface area contributed by atoms with E-state index >= 15 is 0 Å². The van der Waals surface area contributed by atoms with Crippen molar-refractivity contribution in [3.8, 4) is 0 Å². The second-order valence-electron chi connectivity index (χ2n) is 4.41. The van der Waals surface area contributed by atoms with Crippen molar-refractivity contribution < 1.29 is 9.59 Å². The predicted molar refractivity (Wildman–Crippen MR) is 67.8 cm³/mol. The van der Waals surface area contributed by atoms with E-state index in [4.69, 9.17) is 0 Å². The molecular weight excluding hydrogens is 212 g/mol. The van der Waals surface area contributed by atoms with Crippen LogP contribution >= 0.6 is 0 Å². The lowest BCUT2D eigenvalue weighted by molar-refractivity contribution is -0.113. The molecule has 0 unspecified atom stereocenters. The maximum Gasteiger partial charge on any atom is 0.186 e. The summed E-state index contributed by atoms with van der Waals surface area (Å²) in [6.45, 7) is 5.97. The van der Waals surface area contributed by atoms with Crippen molar-refractivity contribution in [2.24, 2.45) is 0 Å². The highest BCUT2D eigenvalue weighted by atomic mass is 16.1. The van der Waals surface area contributed by atoms with Gasteiger partial charge in [-0.1, -0.05) is 17.7 Å². The third-order valence-electron chi connectivity index (χ3n) is 3.05. The summed E-state index contributed by atoms with van der Waals surface area (Å²) in [5.74, 6) is -0.226. The first-order chi connectivity index (χ1) is 7.99. The molecule has 0 aromatic heterocycles. The number of rotatable bonds is 1. The number of aryl methyl sites for hydroxylation is 2. The summed E-state index contributed by atoms with van der Waals surface area (Å²) >= 11 is 0. The molecule has 1 aromatic rings. The van der Waals surface area contributed by atoms with E-state index in [1.807, 2.05) is 26.8 Å². The van der Waals surface area contributed by atoms with Gasteiger partial charge in [0.25, 0.3) is 0 Å². The Bertz CT molecular complexity index is 575. The summed E-state index contributed by atoms with van der Waals surface area (Å²) in [6.07, 6.45) is 4.07. The summed E-state index contributed by atoms with van der Waals surface area (Å²) in [4.78, 5) is 23.2. The number of allylic oxidation sites excluding steroid dienone is 4. The molecule has 0 spiro atoms. The first kappa shape index (κ1) is 11.5. The normalized spacial score (nSPS) is 15.1. The predicted octanol–water partition coefficient (Wildman–Crippen LogP) is 2.70. The van der Waals surface area contributed by atoms with E-state index in [1.165, 1.54) is 18.2 Å². The molecule has 0 N–H and O–H groups in total. The van der Waals surface area contributed by atoms with Crippen LogP contribution in [0.3, 0.4) is 0 Å². The Morgan fingerprint density at radius 2 is 1.65 bits per heavy atom. The van der Waals surface area contributed by atoms with Crippen molar-refractivity contribution in [1.29, 1.82) is 0 Å². The Labute approximate surface area is 101 Å². The van der Waals surface area contributed by atoms with Crippen LogP contribution in [0.15, 0.2) is 30.4 Å². The van der Waals surface area contributed by atoms with Gasteiger partial charge >= 0.3 is 0 Å². The van der Waals surface area contributed by atoms with E-state index in [-0.39, 0.29) is 11.6 Å². The second kappa shape index (κ2) is 4.13. The van der Waals surface area contributed by atoms with E-state index in [2.05, 4.69) is 6.07 Å². The van der Waals surface area contributed by atoms with Crippen LogP contribution in [-0.4, -0.2) is 11.6 Å². The van der Waals surface area contributed by atoms with Gasteiger partial charge in [-0.05, 0) is 55.7 Å². The van der Waals surface area contributed by atoms with Crippen LogP contribution in [0.5, 0.6) is 0 Å². The molecule has 2 rings (SSSR count). The average molecular weight is 226 g/mol. The van der Waals surface area contributed by atoms with Crippen LogP contribution in [-0.2, 0) is 9.59 Å². The highest BCUT2D eigenvalue weighted by Crippen LogP contribution is 2.26. The molecule has 0 bridgehead atoms. The van der Waals surface area contributed by atoms with Gasteiger partial charge in [-0.3, -0.25) is 9.59 Å². The van der Waals surface area contributed by atoms with E-state index in [0.717, 1.165) is 22.3 Å². The summed E-state index contributed by atoms with van der Waals surface area (Å²) in [5, 5.41) is 0. The number of benzene rings is 1. The minimum Gasteiger partial charge on any atom is -0.290 e. The lowest BCUT2D eigenvalue weighted by Crippen LogP contribution is -2.08. The molecule has 1 aromatic carbocycles. The Balaban J connectivity index is 2.62. The van der Waals surface area contributed by atoms with Crippen LogP contribution in [0, 0.1) is 20.8 Å². The lowest BCUT2D eigenvalue weighted by atomic mass is 9.90. The van der Waals surface area contributed by atoms with Crippen LogP contribution < -0.4 is 0 Å². The zero-order valence-corrected chi connectivity index (χ0v) is 10.2. The number of ketones is 2. The highest BCUT2D eigenvalue weighted by molar-refractivity contribution is 6.34. The zero-order chi connectivity index (χ0) is 12.6. The molecule has 86 valence electrons. The molecule has 2 heteroatoms. The van der Waals surface area contributed by atoms with Crippen LogP contribution in [0.25, 0.3) is 5.57 Å². The van der Waals surface area contributed by atoms with Gasteiger partial charge in [0, 0.05) is 5.57 Å². The number of hydrogen-bond acceptors (Lipinski definition) is 2. The fourth-order valence-electron chi connectivity index (χ4n) is 2.04. The quantitative estimate of drug-likeness (QED) is 0.690. The van der Waals surface area contributed by atoms with Crippen molar-refractivity contribution >= 4 is 17.1 Å². The van der Waals surface area contributed by atoms with Gasteiger partial charge in [-0.25, -0.2) is 0 Å². The molecule has 0 radical (unpaired) electrons. The van der Waals surface area contributed by atoms with Crippen molar-refractivity contribution in [1.82, 2.24) is 0 Å². The van der Waals surface area contributed by atoms with Gasteiger partial charge in [0.15, 0.2) is 11.6 Å². The van der Waals surface area contributed by atoms with Crippen molar-refractivity contribution in [3.63, 3.8) is 0 Å². The van der Waals surface area contributed by atoms with Gasteiger partial charge in [-0.15, -0.1) is 0 Å². The van der Waals surface area contributed by atoms with Gasteiger partial charge in [0.2, 0.25) is 0 Å². The Morgan fingerprint density at radius 3 is 2.35 bits per heavy atom. The van der Waals surface area contributed by atoms with Crippen molar-refractivity contribution in [3.05, 3.63) is 52.6 Å². The minimum absolute atomic E-state index is 0.0994. The fourth-order valence-corrected chi connectivity index (χ4v) is 2.04. The molecule has 0 heterocycles. The molecule has 0 saturated carbocycles. The summed E-state index contributed by atoms with van der Waals surface area (Å²) in [6, 6.07) is 4.03. The van der Waals surface area contributed by atoms with Gasteiger partial charge in [-0.2, -0.15) is 0 Å². The zero-order valence-electron chi connectivity index (χ0n) is 10.2. The molecule has 0 fully saturated rings. The molecule has 17 heavy (non-hydrogen) atoms. The van der Waals surface area contributed by atoms with Gasteiger partial charge in [0.1, 0.15) is 0 Å². The molecule has 1 aliphatic rings. The monoisotopic (exact) mass is 226 g/mol. The Kier molecular flexibility index (Phi) is 2.80. The molecular formula is C15H14O2. The average Bonchev–Trinajstić information content (AvgIpc) is 2.27. The van der Waals surface area contributed by atoms with E-state index in [0.29, 0.717) is 5.57 Å². The molecule has 2 nitrogen and oxygen atoms in total. The summed E-state index contributed by atoms with van der Waals surface area (Å²) < 4.78 is 0. The van der Waals surface area contributed by atoms with E-state index in [1.54, 1.807) is 0 Å². The van der Waals surface area contributed by atoms with Gasteiger partial charge in [0.05, 0.1) is 0 Å². The molecule has 1 aliphatic carbocycles. The fraction of sp³-hybridized carbons (Fsp3) is 0.200. The lowest BCUT2D eigenvalue weighted by Gasteiger charge is -2.13. The number of carbonyl (C=O) groups excluding carboxylic acids is 2. The van der Waals surface area contributed by atoms with Crippen LogP contribution in [0.2, 0.25) is 0 Å². The number of carbonyl (C=O) groups is 2. The van der Waals surface area contributed by atoms with Crippen molar-refractivity contribution in [2.45, 2.75) is 20.8 Å². The summed E-state index contributed by atoms with van der Waals surface area (Å²) in [7, 11) is 0. The maximum absolute atomic E-state index is 11.8. The third-order valence-corrected chi connectivity index (χ3v) is 3.05. The highest BCUT2D eigenvalue weighted by Gasteiger charge is 2.17. The van der Waals surface area contributed by atoms with Crippen LogP contribution in [0.4, 0.5) is 0 Å². The SMILES string of the molecule is Cc1cc(C)c(C)c(C2=CC(=O)C=CC2=O)c1. The maximum atomic E-state index is 11.8. The molecule has 0 saturated heterocycles. The first-order valence-corrected chi connectivity index (χ1v) is 5.55. The Morgan fingerprint density at radius 1 is 0.941 bits per heavy atom. The summed E-state index contributed by atoms with van der Waals surface area (Å²) in [5.41, 5.74) is 4.65. The number of hydrogen-bond donors (Lipinski definition) is 0. The smallest absolute Gasteiger partial charge is 0.186 e. The van der Waals surface area contributed by atoms with Crippen molar-refractivity contribution in [2.75, 3.05) is 0 Å². The minimum atomic E-state index is -0.127. The van der Waals surface area contributed by atoms with Crippen LogP contribution in [0.1, 0.15) is 22.3 Å². The Hall–Kier alpha value is -1.96. The third kappa shape index (κ3) is 2.11.